The normalized spacial score (nSPS) is 10.3. The van der Waals surface area contributed by atoms with Crippen molar-refractivity contribution < 1.29 is 4.79 Å². The van der Waals surface area contributed by atoms with Crippen molar-refractivity contribution in [1.29, 1.82) is 0 Å². The molecule has 0 saturated heterocycles. The number of carbonyl (C=O) groups is 1. The Bertz CT molecular complexity index is 298. The Balaban J connectivity index is 2.19. The van der Waals surface area contributed by atoms with E-state index in [1.54, 1.807) is 25.3 Å². The lowest BCUT2D eigenvalue weighted by molar-refractivity contribution is -0.124. The molecule has 1 N–H and O–H groups in total. The van der Waals surface area contributed by atoms with Crippen LogP contribution in [0.1, 0.15) is 18.5 Å². The summed E-state index contributed by atoms with van der Waals surface area (Å²) in [6.07, 6.45) is 3.99. The summed E-state index contributed by atoms with van der Waals surface area (Å²) in [7, 11) is 3.60. The topological polar surface area (TPSA) is 45.2 Å². The quantitative estimate of drug-likeness (QED) is 0.732. The molecule has 0 aliphatic carbocycles. The monoisotopic (exact) mass is 207 g/mol. The Morgan fingerprint density at radius 1 is 1.47 bits per heavy atom. The van der Waals surface area contributed by atoms with Crippen molar-refractivity contribution in [1.82, 2.24) is 15.4 Å². The number of nitrogens with zero attached hydrogens (tertiary/aromatic N) is 2. The summed E-state index contributed by atoms with van der Waals surface area (Å²) in [5, 5.41) is 1.66. The van der Waals surface area contributed by atoms with E-state index in [9.17, 15) is 4.79 Å². The largest absolute Gasteiger partial charge is 0.289 e. The van der Waals surface area contributed by atoms with Crippen LogP contribution in [-0.2, 0) is 11.2 Å². The third kappa shape index (κ3) is 5.12. The molecule has 0 unspecified atom stereocenters. The van der Waals surface area contributed by atoms with Crippen molar-refractivity contribution >= 4 is 5.91 Å². The predicted molar refractivity (Wildman–Crippen MR) is 59.0 cm³/mol. The lowest BCUT2D eigenvalue weighted by Crippen LogP contribution is -2.35. The van der Waals surface area contributed by atoms with Gasteiger partial charge in [0.2, 0.25) is 5.91 Å². The Labute approximate surface area is 90.3 Å². The van der Waals surface area contributed by atoms with E-state index in [0.29, 0.717) is 6.42 Å². The Morgan fingerprint density at radius 2 is 2.27 bits per heavy atom. The highest BCUT2D eigenvalue weighted by atomic mass is 16.2. The van der Waals surface area contributed by atoms with Gasteiger partial charge < -0.3 is 0 Å². The molecule has 1 amide bonds. The second kappa shape index (κ2) is 6.14. The van der Waals surface area contributed by atoms with Crippen molar-refractivity contribution in [2.75, 3.05) is 14.1 Å². The van der Waals surface area contributed by atoms with E-state index in [0.717, 1.165) is 18.5 Å². The second-order valence-corrected chi connectivity index (χ2v) is 3.60. The van der Waals surface area contributed by atoms with Gasteiger partial charge in [-0.2, -0.15) is 0 Å². The van der Waals surface area contributed by atoms with Gasteiger partial charge in [-0.15, -0.1) is 0 Å². The van der Waals surface area contributed by atoms with Crippen LogP contribution in [-0.4, -0.2) is 30.0 Å². The van der Waals surface area contributed by atoms with Crippen molar-refractivity contribution in [3.63, 3.8) is 0 Å². The van der Waals surface area contributed by atoms with Crippen LogP contribution in [0.5, 0.6) is 0 Å². The summed E-state index contributed by atoms with van der Waals surface area (Å²) in [6.45, 7) is 0. The average molecular weight is 207 g/mol. The summed E-state index contributed by atoms with van der Waals surface area (Å²) >= 11 is 0. The van der Waals surface area contributed by atoms with E-state index in [1.165, 1.54) is 0 Å². The molecule has 4 nitrogen and oxygen atoms in total. The first-order valence-corrected chi connectivity index (χ1v) is 5.05. The maximum atomic E-state index is 11.3. The van der Waals surface area contributed by atoms with Gasteiger partial charge in [-0.1, -0.05) is 6.07 Å². The van der Waals surface area contributed by atoms with E-state index in [2.05, 4.69) is 10.4 Å². The van der Waals surface area contributed by atoms with Gasteiger partial charge in [-0.25, -0.2) is 5.01 Å². The summed E-state index contributed by atoms with van der Waals surface area (Å²) in [5.74, 6) is 0.0518. The lowest BCUT2D eigenvalue weighted by Gasteiger charge is -2.11. The summed E-state index contributed by atoms with van der Waals surface area (Å²) in [6, 6.07) is 5.83. The SMILES string of the molecule is CN(C)NC(=O)CCCc1ccccn1. The van der Waals surface area contributed by atoms with Gasteiger partial charge in [-0.3, -0.25) is 15.2 Å². The third-order valence-electron chi connectivity index (χ3n) is 1.91. The maximum Gasteiger partial charge on any atom is 0.234 e. The average Bonchev–Trinajstić information content (AvgIpc) is 2.18. The lowest BCUT2D eigenvalue weighted by atomic mass is 10.2. The Morgan fingerprint density at radius 3 is 2.87 bits per heavy atom. The molecule has 0 aromatic carbocycles. The maximum absolute atomic E-state index is 11.3. The molecule has 0 atom stereocenters. The fourth-order valence-electron chi connectivity index (χ4n) is 1.28. The predicted octanol–water partition coefficient (Wildman–Crippen LogP) is 0.997. The number of nitrogens with one attached hydrogen (secondary N) is 1. The minimum Gasteiger partial charge on any atom is -0.289 e. The molecule has 0 fully saturated rings. The number of hydrazine groups is 1. The highest BCUT2D eigenvalue weighted by Gasteiger charge is 2.02. The minimum absolute atomic E-state index is 0.0518. The van der Waals surface area contributed by atoms with Crippen LogP contribution in [0.15, 0.2) is 24.4 Å². The van der Waals surface area contributed by atoms with Crippen molar-refractivity contribution in [3.05, 3.63) is 30.1 Å². The molecule has 82 valence electrons. The first-order valence-electron chi connectivity index (χ1n) is 5.05. The molecule has 0 aliphatic heterocycles. The molecular weight excluding hydrogens is 190 g/mol. The molecular formula is C11H17N3O. The van der Waals surface area contributed by atoms with Crippen LogP contribution >= 0.6 is 0 Å². The number of amides is 1. The van der Waals surface area contributed by atoms with E-state index in [-0.39, 0.29) is 5.91 Å². The summed E-state index contributed by atoms with van der Waals surface area (Å²) < 4.78 is 0. The molecule has 0 aliphatic rings. The van der Waals surface area contributed by atoms with Crippen LogP contribution in [0.4, 0.5) is 0 Å². The third-order valence-corrected chi connectivity index (χ3v) is 1.91. The molecule has 1 aromatic rings. The molecule has 0 bridgehead atoms. The van der Waals surface area contributed by atoms with E-state index in [1.807, 2.05) is 18.2 Å². The van der Waals surface area contributed by atoms with Crippen LogP contribution in [0, 0.1) is 0 Å². The van der Waals surface area contributed by atoms with Crippen molar-refractivity contribution in [2.45, 2.75) is 19.3 Å². The standard InChI is InChI=1S/C11H17N3O/c1-14(2)13-11(15)8-5-7-10-6-3-4-9-12-10/h3-4,6,9H,5,7-8H2,1-2H3,(H,13,15). The number of hydrogen-bond acceptors (Lipinski definition) is 3. The highest BCUT2D eigenvalue weighted by Crippen LogP contribution is 2.00. The Hall–Kier alpha value is -1.42. The van der Waals surface area contributed by atoms with Crippen LogP contribution < -0.4 is 5.43 Å². The number of pyridine rings is 1. The molecule has 15 heavy (non-hydrogen) atoms. The molecule has 0 saturated carbocycles. The molecule has 4 heteroatoms. The molecule has 0 radical (unpaired) electrons. The molecule has 0 spiro atoms. The van der Waals surface area contributed by atoms with Gasteiger partial charge in [-0.05, 0) is 25.0 Å². The molecule has 1 heterocycles. The van der Waals surface area contributed by atoms with Crippen LogP contribution in [0.3, 0.4) is 0 Å². The van der Waals surface area contributed by atoms with Crippen LogP contribution in [0.25, 0.3) is 0 Å². The zero-order chi connectivity index (χ0) is 11.1. The molecule has 1 aromatic heterocycles. The first-order chi connectivity index (χ1) is 7.18. The van der Waals surface area contributed by atoms with Gasteiger partial charge in [0.05, 0.1) is 0 Å². The highest BCUT2D eigenvalue weighted by molar-refractivity contribution is 5.75. The summed E-state index contributed by atoms with van der Waals surface area (Å²) in [4.78, 5) is 15.5. The van der Waals surface area contributed by atoms with E-state index >= 15 is 0 Å². The number of rotatable bonds is 5. The minimum atomic E-state index is 0.0518. The van der Waals surface area contributed by atoms with Gasteiger partial charge in [0, 0.05) is 32.4 Å². The number of aryl methyl sites for hydroxylation is 1. The van der Waals surface area contributed by atoms with Gasteiger partial charge in [0.15, 0.2) is 0 Å². The van der Waals surface area contributed by atoms with E-state index < -0.39 is 0 Å². The van der Waals surface area contributed by atoms with Gasteiger partial charge >= 0.3 is 0 Å². The van der Waals surface area contributed by atoms with Gasteiger partial charge in [0.25, 0.3) is 0 Å². The second-order valence-electron chi connectivity index (χ2n) is 3.60. The summed E-state index contributed by atoms with van der Waals surface area (Å²) in [5.41, 5.74) is 3.74. The zero-order valence-corrected chi connectivity index (χ0v) is 9.23. The number of hydrogen-bond donors (Lipinski definition) is 1. The first kappa shape index (κ1) is 11.7. The van der Waals surface area contributed by atoms with Crippen LogP contribution in [0.2, 0.25) is 0 Å². The molecule has 1 rings (SSSR count). The number of aromatic nitrogens is 1. The smallest absolute Gasteiger partial charge is 0.234 e. The number of carbonyl (C=O) groups excluding carboxylic acids is 1. The zero-order valence-electron chi connectivity index (χ0n) is 9.23. The fraction of sp³-hybridized carbons (Fsp3) is 0.455. The Kier molecular flexibility index (Phi) is 4.77. The van der Waals surface area contributed by atoms with Crippen molar-refractivity contribution in [3.8, 4) is 0 Å². The van der Waals surface area contributed by atoms with Crippen molar-refractivity contribution in [2.24, 2.45) is 0 Å². The van der Waals surface area contributed by atoms with Gasteiger partial charge in [0.1, 0.15) is 0 Å². The fourth-order valence-corrected chi connectivity index (χ4v) is 1.28. The van der Waals surface area contributed by atoms with E-state index in [4.69, 9.17) is 0 Å².